The van der Waals surface area contributed by atoms with E-state index in [0.717, 1.165) is 122 Å². The first kappa shape index (κ1) is 68.3. The van der Waals surface area contributed by atoms with E-state index >= 15 is 0 Å². The maximum atomic E-state index is 13.2. The smallest absolute Gasteiger partial charge is 0.308 e. The zero-order valence-electron chi connectivity index (χ0n) is 47.5. The van der Waals surface area contributed by atoms with Crippen LogP contribution in [0.3, 0.4) is 0 Å². The third kappa shape index (κ3) is 44.5. The van der Waals surface area contributed by atoms with Crippen molar-refractivity contribution in [3.63, 3.8) is 0 Å². The molecule has 0 aromatic carbocycles. The Bertz CT molecular complexity index is 998. The number of aliphatic hydroxyl groups is 3. The van der Waals surface area contributed by atoms with Gasteiger partial charge in [0.15, 0.2) is 6.29 Å². The lowest BCUT2D eigenvalue weighted by Gasteiger charge is -2.34. The van der Waals surface area contributed by atoms with Crippen molar-refractivity contribution in [1.29, 1.82) is 0 Å². The molecule has 0 aromatic rings. The van der Waals surface area contributed by atoms with Gasteiger partial charge in [0.1, 0.15) is 0 Å². The molecule has 0 aliphatic heterocycles. The molecule has 0 fully saturated rings. The lowest BCUT2D eigenvalue weighted by Crippen LogP contribution is -2.47. The SMILES string of the molecule is CCCCCCCCCCCCCCCC(O)C(CO)N(CCCCCCOC(=O)C(CCCCCC)CCCCCCCC)CCCCCCOC(O)C(CCCCCC)CCCCCCCC. The second-order valence-electron chi connectivity index (χ2n) is 21.9. The molecule has 414 valence electrons. The molecular weight excluding hydrogens is 855 g/mol. The fraction of sp³-hybridized carbons (Fsp3) is 0.984. The first-order chi connectivity index (χ1) is 33.9. The Morgan fingerprint density at radius 3 is 1.12 bits per heavy atom. The van der Waals surface area contributed by atoms with Crippen LogP contribution in [0.15, 0.2) is 0 Å². The van der Waals surface area contributed by atoms with Crippen molar-refractivity contribution in [2.45, 2.75) is 348 Å². The zero-order valence-corrected chi connectivity index (χ0v) is 47.5. The van der Waals surface area contributed by atoms with Gasteiger partial charge in [-0.05, 0) is 70.9 Å². The van der Waals surface area contributed by atoms with E-state index in [4.69, 9.17) is 9.47 Å². The minimum absolute atomic E-state index is 0.0159. The Labute approximate surface area is 432 Å². The zero-order chi connectivity index (χ0) is 50.5. The normalized spacial score (nSPS) is 14.1. The van der Waals surface area contributed by atoms with Crippen molar-refractivity contribution < 1.29 is 29.6 Å². The van der Waals surface area contributed by atoms with Crippen LogP contribution in [0.4, 0.5) is 0 Å². The molecule has 0 bridgehead atoms. The quantitative estimate of drug-likeness (QED) is 0.0317. The van der Waals surface area contributed by atoms with Crippen LogP contribution in [0.1, 0.15) is 330 Å². The van der Waals surface area contributed by atoms with Gasteiger partial charge in [0.25, 0.3) is 0 Å². The summed E-state index contributed by atoms with van der Waals surface area (Å²) in [6.45, 7) is 14.2. The van der Waals surface area contributed by atoms with Crippen LogP contribution in [0.2, 0.25) is 0 Å². The second-order valence-corrected chi connectivity index (χ2v) is 21.9. The number of carbonyl (C=O) groups excluding carboxylic acids is 1. The van der Waals surface area contributed by atoms with Crippen molar-refractivity contribution in [1.82, 2.24) is 4.90 Å². The molecule has 0 radical (unpaired) electrons. The highest BCUT2D eigenvalue weighted by molar-refractivity contribution is 5.72. The summed E-state index contributed by atoms with van der Waals surface area (Å²) in [6, 6.07) is -0.233. The van der Waals surface area contributed by atoms with Gasteiger partial charge < -0.3 is 24.8 Å². The number of unbranched alkanes of at least 4 members (excludes halogenated alkanes) is 34. The standard InChI is InChI=1S/C62H125NO6/c1-6-11-16-21-24-25-26-27-28-29-30-33-42-51-60(65)59(56-64)63(52-43-34-36-45-54-68-61(66)57(47-38-19-14-9-4)49-40-31-22-17-12-7-2)53-44-35-37-46-55-69-62(67)58(48-39-20-15-10-5)50-41-32-23-18-13-8-3/h57-61,64-66H,6-56H2,1-5H3. The van der Waals surface area contributed by atoms with Crippen LogP contribution in [0.25, 0.3) is 0 Å². The highest BCUT2D eigenvalue weighted by Gasteiger charge is 2.25. The maximum Gasteiger partial charge on any atom is 0.308 e. The van der Waals surface area contributed by atoms with Gasteiger partial charge in [-0.3, -0.25) is 9.69 Å². The molecule has 0 aliphatic carbocycles. The Morgan fingerprint density at radius 2 is 0.710 bits per heavy atom. The van der Waals surface area contributed by atoms with Crippen LogP contribution in [-0.4, -0.2) is 77.5 Å². The Kier molecular flexibility index (Phi) is 54.4. The molecule has 5 atom stereocenters. The van der Waals surface area contributed by atoms with Crippen LogP contribution in [0.5, 0.6) is 0 Å². The Morgan fingerprint density at radius 1 is 0.391 bits per heavy atom. The number of nitrogens with zero attached hydrogens (tertiary/aromatic N) is 1. The first-order valence-corrected chi connectivity index (χ1v) is 31.4. The minimum Gasteiger partial charge on any atom is -0.465 e. The van der Waals surface area contributed by atoms with Crippen LogP contribution in [-0.2, 0) is 14.3 Å². The molecule has 0 heterocycles. The fourth-order valence-corrected chi connectivity index (χ4v) is 10.5. The predicted octanol–water partition coefficient (Wildman–Crippen LogP) is 18.2. The first-order valence-electron chi connectivity index (χ1n) is 31.4. The number of hydrogen-bond donors (Lipinski definition) is 3. The summed E-state index contributed by atoms with van der Waals surface area (Å²) >= 11 is 0. The maximum absolute atomic E-state index is 13.2. The lowest BCUT2D eigenvalue weighted by atomic mass is 9.93. The number of esters is 1. The van der Waals surface area contributed by atoms with Gasteiger partial charge in [0.05, 0.1) is 31.3 Å². The van der Waals surface area contributed by atoms with Crippen molar-refractivity contribution in [2.75, 3.05) is 32.9 Å². The van der Waals surface area contributed by atoms with E-state index in [-0.39, 0.29) is 30.5 Å². The van der Waals surface area contributed by atoms with E-state index in [9.17, 15) is 20.1 Å². The third-order valence-corrected chi connectivity index (χ3v) is 15.3. The molecule has 0 amide bonds. The summed E-state index contributed by atoms with van der Waals surface area (Å²) in [5, 5.41) is 33.2. The number of carbonyl (C=O) groups is 1. The second kappa shape index (κ2) is 55.0. The molecular formula is C62H125NO6. The van der Waals surface area contributed by atoms with Crippen molar-refractivity contribution in [3.8, 4) is 0 Å². The van der Waals surface area contributed by atoms with Crippen LogP contribution < -0.4 is 0 Å². The molecule has 3 N–H and O–H groups in total. The molecule has 0 saturated heterocycles. The van der Waals surface area contributed by atoms with E-state index in [0.29, 0.717) is 13.2 Å². The summed E-state index contributed by atoms with van der Waals surface area (Å²) in [6.07, 6.45) is 53.8. The molecule has 69 heavy (non-hydrogen) atoms. The monoisotopic (exact) mass is 980 g/mol. The summed E-state index contributed by atoms with van der Waals surface area (Å²) in [4.78, 5) is 15.6. The predicted molar refractivity (Wildman–Crippen MR) is 299 cm³/mol. The summed E-state index contributed by atoms with van der Waals surface area (Å²) in [5.74, 6) is 0.331. The average molecular weight is 981 g/mol. The van der Waals surface area contributed by atoms with E-state index in [1.807, 2.05) is 0 Å². The van der Waals surface area contributed by atoms with Gasteiger partial charge in [-0.15, -0.1) is 0 Å². The lowest BCUT2D eigenvalue weighted by molar-refractivity contribution is -0.149. The molecule has 0 rings (SSSR count). The highest BCUT2D eigenvalue weighted by Crippen LogP contribution is 2.25. The molecule has 0 spiro atoms. The number of hydrogen-bond acceptors (Lipinski definition) is 7. The van der Waals surface area contributed by atoms with Gasteiger partial charge in [0, 0.05) is 12.5 Å². The molecule has 5 unspecified atom stereocenters. The molecule has 0 saturated carbocycles. The van der Waals surface area contributed by atoms with Gasteiger partial charge in [-0.25, -0.2) is 0 Å². The topological polar surface area (TPSA) is 99.5 Å². The van der Waals surface area contributed by atoms with Crippen LogP contribution >= 0.6 is 0 Å². The third-order valence-electron chi connectivity index (χ3n) is 15.3. The average Bonchev–Trinajstić information content (AvgIpc) is 3.35. The Hall–Kier alpha value is -0.730. The van der Waals surface area contributed by atoms with E-state index < -0.39 is 12.4 Å². The van der Waals surface area contributed by atoms with Gasteiger partial charge in [-0.2, -0.15) is 0 Å². The van der Waals surface area contributed by atoms with E-state index in [1.54, 1.807) is 0 Å². The van der Waals surface area contributed by atoms with Gasteiger partial charge in [-0.1, -0.05) is 272 Å². The van der Waals surface area contributed by atoms with Gasteiger partial charge in [0.2, 0.25) is 0 Å². The van der Waals surface area contributed by atoms with Crippen LogP contribution in [0, 0.1) is 11.8 Å². The Balaban J connectivity index is 5.04. The van der Waals surface area contributed by atoms with Gasteiger partial charge >= 0.3 is 5.97 Å². The molecule has 0 aliphatic rings. The summed E-state index contributed by atoms with van der Waals surface area (Å²) in [7, 11) is 0. The fourth-order valence-electron chi connectivity index (χ4n) is 10.5. The number of ether oxygens (including phenoxy) is 2. The summed E-state index contributed by atoms with van der Waals surface area (Å²) in [5.41, 5.74) is 0. The molecule has 0 aromatic heterocycles. The largest absolute Gasteiger partial charge is 0.465 e. The minimum atomic E-state index is -0.654. The van der Waals surface area contributed by atoms with E-state index in [1.165, 1.54) is 186 Å². The highest BCUT2D eigenvalue weighted by atomic mass is 16.6. The molecule has 7 heteroatoms. The van der Waals surface area contributed by atoms with Crippen molar-refractivity contribution >= 4 is 5.97 Å². The van der Waals surface area contributed by atoms with Crippen molar-refractivity contribution in [3.05, 3.63) is 0 Å². The molecule has 7 nitrogen and oxygen atoms in total. The van der Waals surface area contributed by atoms with Crippen molar-refractivity contribution in [2.24, 2.45) is 11.8 Å². The van der Waals surface area contributed by atoms with E-state index in [2.05, 4.69) is 39.5 Å². The number of aliphatic hydroxyl groups excluding tert-OH is 3. The number of rotatable bonds is 58. The summed E-state index contributed by atoms with van der Waals surface area (Å²) < 4.78 is 12.0.